The molecule has 0 radical (unpaired) electrons. The maximum absolute atomic E-state index is 12.3. The first kappa shape index (κ1) is 16.9. The van der Waals surface area contributed by atoms with E-state index in [9.17, 15) is 21.6 Å². The van der Waals surface area contributed by atoms with Gasteiger partial charge < -0.3 is 5.11 Å². The van der Waals surface area contributed by atoms with Gasteiger partial charge in [0.25, 0.3) is 0 Å². The molecule has 0 bridgehead atoms. The molecule has 2 rings (SSSR count). The van der Waals surface area contributed by atoms with Crippen LogP contribution in [0.5, 0.6) is 0 Å². The minimum Gasteiger partial charge on any atom is -0.481 e. The molecule has 0 saturated heterocycles. The van der Waals surface area contributed by atoms with Gasteiger partial charge in [-0.25, -0.2) is 26.3 Å². The molecule has 0 aromatic heterocycles. The van der Waals surface area contributed by atoms with Crippen LogP contribution in [0, 0.1) is 0 Å². The average Bonchev–Trinajstić information content (AvgIpc) is 3.16. The molecular weight excluding hydrogens is 332 g/mol. The summed E-state index contributed by atoms with van der Waals surface area (Å²) in [6.07, 6.45) is 0.570. The van der Waals surface area contributed by atoms with Gasteiger partial charge in [0, 0.05) is 5.54 Å². The highest BCUT2D eigenvalue weighted by Crippen LogP contribution is 2.40. The zero-order valence-electron chi connectivity index (χ0n) is 11.7. The molecule has 8 nitrogen and oxygen atoms in total. The molecule has 0 unspecified atom stereocenters. The Labute approximate surface area is 128 Å². The van der Waals surface area contributed by atoms with Gasteiger partial charge in [0.05, 0.1) is 16.2 Å². The topological polar surface area (TPSA) is 130 Å². The number of hydrogen-bond acceptors (Lipinski definition) is 5. The molecule has 0 heterocycles. The Hall–Kier alpha value is -1.49. The third-order valence-electron chi connectivity index (χ3n) is 3.39. The van der Waals surface area contributed by atoms with Crippen molar-refractivity contribution in [3.63, 3.8) is 0 Å². The molecule has 0 spiro atoms. The van der Waals surface area contributed by atoms with Gasteiger partial charge in [-0.3, -0.25) is 4.79 Å². The van der Waals surface area contributed by atoms with Gasteiger partial charge in [0.1, 0.15) is 0 Å². The fourth-order valence-corrected chi connectivity index (χ4v) is 4.38. The number of rotatable bonds is 7. The summed E-state index contributed by atoms with van der Waals surface area (Å²) in [4.78, 5) is 10.4. The molecule has 1 aromatic carbocycles. The molecule has 0 atom stereocenters. The molecule has 0 aliphatic heterocycles. The summed E-state index contributed by atoms with van der Waals surface area (Å²) in [5.41, 5.74) is -0.970. The minimum atomic E-state index is -4.00. The predicted octanol–water partition coefficient (Wildman–Crippen LogP) is -0.120. The lowest BCUT2D eigenvalue weighted by Gasteiger charge is -2.15. The number of nitrogens with one attached hydrogen (secondary N) is 2. The maximum Gasteiger partial charge on any atom is 0.305 e. The summed E-state index contributed by atoms with van der Waals surface area (Å²) in [6, 6.07) is 4.88. The first-order valence-electron chi connectivity index (χ1n) is 6.40. The Kier molecular flexibility index (Phi) is 4.30. The predicted molar refractivity (Wildman–Crippen MR) is 77.2 cm³/mol. The Morgan fingerprint density at radius 2 is 1.73 bits per heavy atom. The SMILES string of the molecule is CNS(=O)(=O)c1cccc(S(=O)(=O)NC2(CC(=O)O)CC2)c1. The van der Waals surface area contributed by atoms with Crippen molar-refractivity contribution in [2.75, 3.05) is 7.05 Å². The van der Waals surface area contributed by atoms with E-state index < -0.39 is 31.6 Å². The standard InChI is InChI=1S/C12H16N2O6S2/c1-13-21(17,18)9-3-2-4-10(7-9)22(19,20)14-12(5-6-12)8-11(15)16/h2-4,7,13-14H,5-6,8H2,1H3,(H,15,16). The number of aliphatic carboxylic acids is 1. The van der Waals surface area contributed by atoms with Crippen LogP contribution in [-0.4, -0.2) is 40.5 Å². The van der Waals surface area contributed by atoms with Crippen molar-refractivity contribution < 1.29 is 26.7 Å². The molecule has 1 aliphatic carbocycles. The second-order valence-corrected chi connectivity index (χ2v) is 8.71. The van der Waals surface area contributed by atoms with E-state index in [1.165, 1.54) is 25.2 Å². The van der Waals surface area contributed by atoms with Crippen molar-refractivity contribution in [1.82, 2.24) is 9.44 Å². The van der Waals surface area contributed by atoms with E-state index in [2.05, 4.69) is 9.44 Å². The highest BCUT2D eigenvalue weighted by molar-refractivity contribution is 7.90. The van der Waals surface area contributed by atoms with Crippen LogP contribution in [-0.2, 0) is 24.8 Å². The van der Waals surface area contributed by atoms with Gasteiger partial charge >= 0.3 is 5.97 Å². The van der Waals surface area contributed by atoms with E-state index in [1.54, 1.807) is 0 Å². The van der Waals surface area contributed by atoms with Crippen LogP contribution in [0.15, 0.2) is 34.1 Å². The fraction of sp³-hybridized carbons (Fsp3) is 0.417. The lowest BCUT2D eigenvalue weighted by Crippen LogP contribution is -2.38. The van der Waals surface area contributed by atoms with Crippen molar-refractivity contribution in [2.24, 2.45) is 0 Å². The molecule has 0 amide bonds. The molecule has 22 heavy (non-hydrogen) atoms. The molecule has 1 saturated carbocycles. The molecule has 10 heteroatoms. The summed E-state index contributed by atoms with van der Waals surface area (Å²) >= 11 is 0. The summed E-state index contributed by atoms with van der Waals surface area (Å²) in [6.45, 7) is 0. The van der Waals surface area contributed by atoms with Crippen LogP contribution in [0.4, 0.5) is 0 Å². The normalized spacial score (nSPS) is 17.1. The van der Waals surface area contributed by atoms with Crippen LogP contribution in [0.2, 0.25) is 0 Å². The first-order valence-corrected chi connectivity index (χ1v) is 9.36. The first-order chi connectivity index (χ1) is 10.1. The summed E-state index contributed by atoms with van der Waals surface area (Å²) in [7, 11) is -6.54. The van der Waals surface area contributed by atoms with Gasteiger partial charge in [0.2, 0.25) is 20.0 Å². The van der Waals surface area contributed by atoms with Gasteiger partial charge in [0.15, 0.2) is 0 Å². The Balaban J connectivity index is 2.31. The van der Waals surface area contributed by atoms with Crippen molar-refractivity contribution in [1.29, 1.82) is 0 Å². The van der Waals surface area contributed by atoms with E-state index in [4.69, 9.17) is 5.11 Å². The lowest BCUT2D eigenvalue weighted by atomic mass is 10.2. The number of carboxylic acids is 1. The second-order valence-electron chi connectivity index (χ2n) is 5.14. The van der Waals surface area contributed by atoms with Gasteiger partial charge in [-0.15, -0.1) is 0 Å². The van der Waals surface area contributed by atoms with Crippen LogP contribution in [0.1, 0.15) is 19.3 Å². The summed E-state index contributed by atoms with van der Waals surface area (Å²) in [5.74, 6) is -1.09. The smallest absolute Gasteiger partial charge is 0.305 e. The average molecular weight is 348 g/mol. The van der Waals surface area contributed by atoms with E-state index in [0.717, 1.165) is 6.07 Å². The largest absolute Gasteiger partial charge is 0.481 e. The number of benzene rings is 1. The zero-order chi connectivity index (χ0) is 16.6. The Morgan fingerprint density at radius 3 is 2.18 bits per heavy atom. The van der Waals surface area contributed by atoms with E-state index in [1.807, 2.05) is 0 Å². The monoisotopic (exact) mass is 348 g/mol. The van der Waals surface area contributed by atoms with Crippen molar-refractivity contribution >= 4 is 26.0 Å². The van der Waals surface area contributed by atoms with Gasteiger partial charge in [-0.2, -0.15) is 0 Å². The van der Waals surface area contributed by atoms with Crippen LogP contribution < -0.4 is 9.44 Å². The van der Waals surface area contributed by atoms with Crippen molar-refractivity contribution in [3.8, 4) is 0 Å². The molecular formula is C12H16N2O6S2. The number of hydrogen-bond donors (Lipinski definition) is 3. The molecule has 1 aliphatic rings. The third-order valence-corrected chi connectivity index (χ3v) is 6.38. The zero-order valence-corrected chi connectivity index (χ0v) is 13.4. The summed E-state index contributed by atoms with van der Waals surface area (Å²) in [5, 5.41) is 8.82. The highest BCUT2D eigenvalue weighted by atomic mass is 32.2. The Morgan fingerprint density at radius 1 is 1.18 bits per heavy atom. The lowest BCUT2D eigenvalue weighted by molar-refractivity contribution is -0.137. The number of sulfonamides is 2. The summed E-state index contributed by atoms with van der Waals surface area (Å²) < 4.78 is 52.5. The fourth-order valence-electron chi connectivity index (χ4n) is 2.03. The van der Waals surface area contributed by atoms with Gasteiger partial charge in [-0.05, 0) is 38.1 Å². The van der Waals surface area contributed by atoms with E-state index in [0.29, 0.717) is 12.8 Å². The highest BCUT2D eigenvalue weighted by Gasteiger charge is 2.47. The minimum absolute atomic E-state index is 0.180. The molecule has 1 aromatic rings. The van der Waals surface area contributed by atoms with Crippen LogP contribution in [0.25, 0.3) is 0 Å². The van der Waals surface area contributed by atoms with Crippen molar-refractivity contribution in [3.05, 3.63) is 24.3 Å². The van der Waals surface area contributed by atoms with E-state index in [-0.39, 0.29) is 16.2 Å². The number of carbonyl (C=O) groups is 1. The van der Waals surface area contributed by atoms with Gasteiger partial charge in [-0.1, -0.05) is 6.07 Å². The van der Waals surface area contributed by atoms with Crippen molar-refractivity contribution in [2.45, 2.75) is 34.6 Å². The maximum atomic E-state index is 12.3. The third kappa shape index (κ3) is 3.64. The Bertz CT molecular complexity index is 797. The quantitative estimate of drug-likeness (QED) is 0.630. The van der Waals surface area contributed by atoms with Crippen LogP contribution >= 0.6 is 0 Å². The number of carboxylic acid groups (broad SMARTS) is 1. The molecule has 1 fully saturated rings. The molecule has 122 valence electrons. The van der Waals surface area contributed by atoms with E-state index >= 15 is 0 Å². The molecule has 3 N–H and O–H groups in total. The second kappa shape index (κ2) is 5.61. The van der Waals surface area contributed by atoms with Crippen LogP contribution in [0.3, 0.4) is 0 Å².